The van der Waals surface area contributed by atoms with Crippen LogP contribution in [0, 0.1) is 56.7 Å². The second-order valence-electron chi connectivity index (χ2n) is 8.78. The lowest BCUT2D eigenvalue weighted by Crippen LogP contribution is -2.23. The molecule has 3 heteroatoms. The van der Waals surface area contributed by atoms with E-state index in [2.05, 4.69) is 60.7 Å². The molecule has 3 fully saturated rings. The fraction of sp³-hybridized carbons (Fsp3) is 0.375. The van der Waals surface area contributed by atoms with Crippen LogP contribution in [-0.4, -0.2) is 0 Å². The minimum atomic E-state index is -0.953. The number of nitrogens with zero attached hydrogens (tertiary/aromatic N) is 3. The fourth-order valence-corrected chi connectivity index (χ4v) is 7.60. The van der Waals surface area contributed by atoms with Crippen molar-refractivity contribution in [2.45, 2.75) is 30.1 Å². The molecule has 3 saturated carbocycles. The Labute approximate surface area is 158 Å². The van der Waals surface area contributed by atoms with E-state index in [9.17, 15) is 15.8 Å². The van der Waals surface area contributed by atoms with Crippen LogP contribution in [0.4, 0.5) is 0 Å². The minimum absolute atomic E-state index is 0.209. The molecular weight excluding hydrogens is 330 g/mol. The van der Waals surface area contributed by atoms with Gasteiger partial charge >= 0.3 is 0 Å². The summed E-state index contributed by atoms with van der Waals surface area (Å²) in [7, 11) is 0. The molecule has 3 nitrogen and oxygen atoms in total. The third kappa shape index (κ3) is 1.33. The van der Waals surface area contributed by atoms with E-state index >= 15 is 0 Å². The number of benzene rings is 2. The number of nitriles is 3. The molecule has 2 unspecified atom stereocenters. The van der Waals surface area contributed by atoms with Crippen molar-refractivity contribution in [1.29, 1.82) is 15.8 Å². The summed E-state index contributed by atoms with van der Waals surface area (Å²) in [6.07, 6.45) is 1.13. The molecule has 4 aliphatic rings. The van der Waals surface area contributed by atoms with Gasteiger partial charge in [-0.3, -0.25) is 0 Å². The molecule has 6 rings (SSSR count). The highest BCUT2D eigenvalue weighted by atomic mass is 14.9. The van der Waals surface area contributed by atoms with Gasteiger partial charge in [-0.05, 0) is 53.2 Å². The Hall–Kier alpha value is -3.09. The summed E-state index contributed by atoms with van der Waals surface area (Å²) in [5.41, 5.74) is 2.10. The molecule has 1 spiro atoms. The maximum absolute atomic E-state index is 10.3. The van der Waals surface area contributed by atoms with Crippen LogP contribution >= 0.6 is 0 Å². The van der Waals surface area contributed by atoms with Gasteiger partial charge in [-0.2, -0.15) is 15.8 Å². The van der Waals surface area contributed by atoms with Crippen LogP contribution in [0.3, 0.4) is 0 Å². The zero-order valence-electron chi connectivity index (χ0n) is 14.8. The Morgan fingerprint density at radius 2 is 1.52 bits per heavy atom. The Morgan fingerprint density at radius 3 is 2.22 bits per heavy atom. The molecule has 0 radical (unpaired) electrons. The predicted molar refractivity (Wildman–Crippen MR) is 98.0 cm³/mol. The first-order chi connectivity index (χ1) is 13.2. The lowest BCUT2D eigenvalue weighted by molar-refractivity contribution is 0.318. The monoisotopic (exact) mass is 347 g/mol. The summed E-state index contributed by atoms with van der Waals surface area (Å²) in [4.78, 5) is 0. The maximum Gasteiger partial charge on any atom is 0.144 e. The largest absolute Gasteiger partial charge is 0.197 e. The highest BCUT2D eigenvalue weighted by Gasteiger charge is 2.93. The van der Waals surface area contributed by atoms with Crippen LogP contribution in [0.25, 0.3) is 0 Å². The van der Waals surface area contributed by atoms with E-state index < -0.39 is 10.8 Å². The summed E-state index contributed by atoms with van der Waals surface area (Å²) in [5, 5.41) is 30.0. The lowest BCUT2D eigenvalue weighted by atomic mass is 9.73. The van der Waals surface area contributed by atoms with Gasteiger partial charge in [0.25, 0.3) is 0 Å². The van der Waals surface area contributed by atoms with Crippen molar-refractivity contribution in [3.8, 4) is 18.2 Å². The van der Waals surface area contributed by atoms with Crippen LogP contribution < -0.4 is 0 Å². The van der Waals surface area contributed by atoms with E-state index in [1.54, 1.807) is 0 Å². The van der Waals surface area contributed by atoms with Crippen molar-refractivity contribution in [1.82, 2.24) is 0 Å². The zero-order valence-corrected chi connectivity index (χ0v) is 14.8. The molecule has 27 heavy (non-hydrogen) atoms. The van der Waals surface area contributed by atoms with Crippen LogP contribution in [-0.2, 0) is 5.41 Å². The molecule has 0 bridgehead atoms. The van der Waals surface area contributed by atoms with Gasteiger partial charge in [-0.15, -0.1) is 0 Å². The van der Waals surface area contributed by atoms with Gasteiger partial charge in [-0.25, -0.2) is 0 Å². The molecular formula is C24H17N3. The molecule has 0 aromatic heterocycles. The molecule has 0 N–H and O–H groups in total. The van der Waals surface area contributed by atoms with Crippen LogP contribution in [0.5, 0.6) is 0 Å². The van der Waals surface area contributed by atoms with Gasteiger partial charge in [0.1, 0.15) is 5.41 Å². The minimum Gasteiger partial charge on any atom is -0.197 e. The maximum atomic E-state index is 10.3. The van der Waals surface area contributed by atoms with Crippen LogP contribution in [0.15, 0.2) is 54.6 Å². The van der Waals surface area contributed by atoms with E-state index in [4.69, 9.17) is 0 Å². The Balaban J connectivity index is 1.63. The summed E-state index contributed by atoms with van der Waals surface area (Å²) in [6, 6.07) is 26.3. The summed E-state index contributed by atoms with van der Waals surface area (Å²) in [6.45, 7) is 0. The predicted octanol–water partition coefficient (Wildman–Crippen LogP) is 4.40. The van der Waals surface area contributed by atoms with Crippen LogP contribution in [0.2, 0.25) is 0 Å². The second kappa shape index (κ2) is 4.42. The molecule has 0 aliphatic heterocycles. The summed E-state index contributed by atoms with van der Waals surface area (Å²) in [5.74, 6) is 1.06. The third-order valence-corrected chi connectivity index (χ3v) is 8.21. The molecule has 2 aromatic carbocycles. The number of rotatable bonds is 1. The van der Waals surface area contributed by atoms with E-state index in [1.807, 2.05) is 12.1 Å². The smallest absolute Gasteiger partial charge is 0.144 e. The van der Waals surface area contributed by atoms with Gasteiger partial charge in [0.2, 0.25) is 0 Å². The standard InChI is InChI=1S/C24H17N3/c25-12-22(13-26)10-18-19(15-6-2-1-3-7-15)20-16-8-4-5-9-17(16)24(14-27)21(20)23(18,24)11-22/h1-9,18-21H,10-11H2/t18-,19-,20-,21-,23?,24?/m0/s1. The highest BCUT2D eigenvalue weighted by Crippen LogP contribution is 2.94. The van der Waals surface area contributed by atoms with Crippen molar-refractivity contribution in [2.24, 2.45) is 22.7 Å². The van der Waals surface area contributed by atoms with Gasteiger partial charge in [0, 0.05) is 5.41 Å². The van der Waals surface area contributed by atoms with E-state index in [-0.39, 0.29) is 23.2 Å². The summed E-state index contributed by atoms with van der Waals surface area (Å²) >= 11 is 0. The molecule has 128 valence electrons. The van der Waals surface area contributed by atoms with Crippen molar-refractivity contribution in [2.75, 3.05) is 0 Å². The number of hydrogen-bond donors (Lipinski definition) is 0. The first kappa shape index (κ1) is 15.0. The van der Waals surface area contributed by atoms with E-state index in [1.165, 1.54) is 11.1 Å². The Morgan fingerprint density at radius 1 is 0.815 bits per heavy atom. The van der Waals surface area contributed by atoms with Crippen molar-refractivity contribution in [3.05, 3.63) is 71.3 Å². The van der Waals surface area contributed by atoms with Crippen LogP contribution in [0.1, 0.15) is 41.4 Å². The highest BCUT2D eigenvalue weighted by molar-refractivity contribution is 5.67. The Bertz CT molecular complexity index is 1100. The van der Waals surface area contributed by atoms with Gasteiger partial charge in [0.05, 0.1) is 23.6 Å². The topological polar surface area (TPSA) is 71.4 Å². The normalized spacial score (nSPS) is 40.8. The van der Waals surface area contributed by atoms with Crippen molar-refractivity contribution in [3.63, 3.8) is 0 Å². The van der Waals surface area contributed by atoms with Gasteiger partial charge in [0.15, 0.2) is 0 Å². The zero-order chi connectivity index (χ0) is 18.4. The molecule has 0 heterocycles. The van der Waals surface area contributed by atoms with E-state index in [0.717, 1.165) is 5.56 Å². The van der Waals surface area contributed by atoms with Crippen molar-refractivity contribution >= 4 is 0 Å². The van der Waals surface area contributed by atoms with Gasteiger partial charge < -0.3 is 0 Å². The average molecular weight is 347 g/mol. The number of hydrogen-bond acceptors (Lipinski definition) is 3. The molecule has 6 atom stereocenters. The summed E-state index contributed by atoms with van der Waals surface area (Å²) < 4.78 is 0. The third-order valence-electron chi connectivity index (χ3n) is 8.21. The first-order valence-corrected chi connectivity index (χ1v) is 9.57. The average Bonchev–Trinajstić information content (AvgIpc) is 2.96. The number of fused-ring (bicyclic) bond motifs is 3. The lowest BCUT2D eigenvalue weighted by Gasteiger charge is -2.28. The molecule has 2 aromatic rings. The van der Waals surface area contributed by atoms with E-state index in [0.29, 0.717) is 18.8 Å². The Kier molecular flexibility index (Phi) is 2.46. The van der Waals surface area contributed by atoms with Gasteiger partial charge in [-0.1, -0.05) is 54.6 Å². The fourth-order valence-electron chi connectivity index (χ4n) is 7.60. The molecule has 4 aliphatic carbocycles. The quantitative estimate of drug-likeness (QED) is 0.767. The SMILES string of the molecule is N#CC1(C#N)C[C@H]2[C@H](c3ccccc3)[C@@H]3c4ccccc4C4(C#N)[C@@H]3C24C1. The molecule has 0 amide bonds. The molecule has 0 saturated heterocycles. The van der Waals surface area contributed by atoms with Crippen molar-refractivity contribution < 1.29 is 0 Å². The first-order valence-electron chi connectivity index (χ1n) is 9.57. The second-order valence-corrected chi connectivity index (χ2v) is 8.78.